The van der Waals surface area contributed by atoms with Crippen molar-refractivity contribution in [2.75, 3.05) is 6.61 Å². The van der Waals surface area contributed by atoms with E-state index in [0.29, 0.717) is 18.5 Å². The second kappa shape index (κ2) is 4.90. The zero-order valence-corrected chi connectivity index (χ0v) is 8.81. The number of rotatable bonds is 4. The van der Waals surface area contributed by atoms with Crippen molar-refractivity contribution in [2.24, 2.45) is 0 Å². The number of nitrogens with zero attached hydrogens (tertiary/aromatic N) is 2. The first-order valence-electron chi connectivity index (χ1n) is 5.19. The van der Waals surface area contributed by atoms with E-state index in [9.17, 15) is 4.39 Å². The van der Waals surface area contributed by atoms with Gasteiger partial charge in [-0.1, -0.05) is 6.07 Å². The normalized spacial score (nSPS) is 10.6. The van der Waals surface area contributed by atoms with Crippen molar-refractivity contribution in [3.63, 3.8) is 0 Å². The molecule has 0 atom stereocenters. The van der Waals surface area contributed by atoms with Gasteiger partial charge in [0.1, 0.15) is 5.82 Å². The van der Waals surface area contributed by atoms with Crippen molar-refractivity contribution in [2.45, 2.75) is 12.8 Å². The van der Waals surface area contributed by atoms with Gasteiger partial charge in [-0.05, 0) is 30.5 Å². The van der Waals surface area contributed by atoms with E-state index in [0.717, 1.165) is 5.56 Å². The van der Waals surface area contributed by atoms with Crippen LogP contribution in [0.4, 0.5) is 4.39 Å². The van der Waals surface area contributed by atoms with E-state index >= 15 is 0 Å². The summed E-state index contributed by atoms with van der Waals surface area (Å²) in [6.45, 7) is 0.130. The maximum Gasteiger partial charge on any atom is 0.147 e. The fourth-order valence-corrected chi connectivity index (χ4v) is 1.60. The van der Waals surface area contributed by atoms with Crippen LogP contribution >= 0.6 is 0 Å². The predicted octanol–water partition coefficient (Wildman–Crippen LogP) is 1.94. The Labute approximate surface area is 93.2 Å². The summed E-state index contributed by atoms with van der Waals surface area (Å²) < 4.78 is 15.4. The minimum atomic E-state index is -0.270. The predicted molar refractivity (Wildman–Crippen MR) is 58.9 cm³/mol. The number of aryl methyl sites for hydroxylation is 1. The highest BCUT2D eigenvalue weighted by molar-refractivity contribution is 5.36. The number of imidazole rings is 1. The van der Waals surface area contributed by atoms with E-state index in [4.69, 9.17) is 5.11 Å². The number of halogens is 1. The molecule has 0 saturated carbocycles. The summed E-state index contributed by atoms with van der Waals surface area (Å²) in [7, 11) is 0. The monoisotopic (exact) mass is 220 g/mol. The summed E-state index contributed by atoms with van der Waals surface area (Å²) in [4.78, 5) is 3.87. The molecule has 0 spiro atoms. The van der Waals surface area contributed by atoms with Crippen molar-refractivity contribution < 1.29 is 9.50 Å². The Bertz CT molecular complexity index is 454. The minimum absolute atomic E-state index is 0.130. The van der Waals surface area contributed by atoms with Crippen LogP contribution in [0.15, 0.2) is 36.9 Å². The zero-order chi connectivity index (χ0) is 11.4. The molecule has 0 bridgehead atoms. The van der Waals surface area contributed by atoms with E-state index < -0.39 is 0 Å². The average Bonchev–Trinajstić information content (AvgIpc) is 2.80. The van der Waals surface area contributed by atoms with Crippen LogP contribution in [-0.4, -0.2) is 21.3 Å². The molecule has 1 aromatic heterocycles. The zero-order valence-electron chi connectivity index (χ0n) is 8.81. The fourth-order valence-electron chi connectivity index (χ4n) is 1.60. The standard InChI is InChI=1S/C12H13FN2O/c13-11-8-10(2-1-7-16)3-4-12(11)15-6-5-14-9-15/h3-6,8-9,16H,1-2,7H2. The van der Waals surface area contributed by atoms with Crippen LogP contribution in [0.3, 0.4) is 0 Å². The molecule has 0 aliphatic carbocycles. The van der Waals surface area contributed by atoms with Crippen molar-refractivity contribution in [3.05, 3.63) is 48.3 Å². The Kier molecular flexibility index (Phi) is 3.31. The molecule has 1 heterocycles. The molecule has 0 saturated heterocycles. The molecule has 0 radical (unpaired) electrons. The number of aromatic nitrogens is 2. The second-order valence-electron chi connectivity index (χ2n) is 3.58. The molecule has 16 heavy (non-hydrogen) atoms. The Morgan fingerprint density at radius 2 is 2.25 bits per heavy atom. The lowest BCUT2D eigenvalue weighted by Crippen LogP contribution is -1.97. The molecule has 0 aliphatic heterocycles. The molecule has 0 aliphatic rings. The Balaban J connectivity index is 2.23. The van der Waals surface area contributed by atoms with Crippen LogP contribution in [-0.2, 0) is 6.42 Å². The van der Waals surface area contributed by atoms with E-state index in [1.807, 2.05) is 6.07 Å². The highest BCUT2D eigenvalue weighted by Crippen LogP contribution is 2.15. The fraction of sp³-hybridized carbons (Fsp3) is 0.250. The topological polar surface area (TPSA) is 38.0 Å². The van der Waals surface area contributed by atoms with E-state index in [1.54, 1.807) is 29.4 Å². The summed E-state index contributed by atoms with van der Waals surface area (Å²) in [5.74, 6) is -0.270. The third-order valence-electron chi connectivity index (χ3n) is 2.42. The van der Waals surface area contributed by atoms with Gasteiger partial charge in [0.25, 0.3) is 0 Å². The van der Waals surface area contributed by atoms with Crippen molar-refractivity contribution in [1.82, 2.24) is 9.55 Å². The Morgan fingerprint density at radius 1 is 1.38 bits per heavy atom. The van der Waals surface area contributed by atoms with Gasteiger partial charge < -0.3 is 9.67 Å². The molecule has 1 aromatic carbocycles. The molecule has 1 N–H and O–H groups in total. The smallest absolute Gasteiger partial charge is 0.147 e. The van der Waals surface area contributed by atoms with Gasteiger partial charge in [-0.3, -0.25) is 0 Å². The number of aliphatic hydroxyl groups excluding tert-OH is 1. The Hall–Kier alpha value is -1.68. The van der Waals surface area contributed by atoms with E-state index in [2.05, 4.69) is 4.98 Å². The third-order valence-corrected chi connectivity index (χ3v) is 2.42. The molecular weight excluding hydrogens is 207 g/mol. The maximum absolute atomic E-state index is 13.7. The highest BCUT2D eigenvalue weighted by Gasteiger charge is 2.04. The molecule has 2 aromatic rings. The summed E-state index contributed by atoms with van der Waals surface area (Å²) in [6.07, 6.45) is 6.22. The summed E-state index contributed by atoms with van der Waals surface area (Å²) in [6, 6.07) is 5.10. The molecule has 0 fully saturated rings. The third kappa shape index (κ3) is 2.28. The molecule has 4 heteroatoms. The first-order valence-corrected chi connectivity index (χ1v) is 5.19. The average molecular weight is 220 g/mol. The van der Waals surface area contributed by atoms with Gasteiger partial charge in [0.05, 0.1) is 12.0 Å². The van der Waals surface area contributed by atoms with Crippen LogP contribution in [0.2, 0.25) is 0 Å². The van der Waals surface area contributed by atoms with Gasteiger partial charge in [0.15, 0.2) is 0 Å². The van der Waals surface area contributed by atoms with Crippen LogP contribution in [0.1, 0.15) is 12.0 Å². The van der Waals surface area contributed by atoms with Crippen molar-refractivity contribution in [1.29, 1.82) is 0 Å². The first-order chi connectivity index (χ1) is 7.81. The molecule has 2 rings (SSSR count). The minimum Gasteiger partial charge on any atom is -0.396 e. The second-order valence-corrected chi connectivity index (χ2v) is 3.58. The number of aliphatic hydroxyl groups is 1. The lowest BCUT2D eigenvalue weighted by atomic mass is 10.1. The van der Waals surface area contributed by atoms with Crippen LogP contribution in [0, 0.1) is 5.82 Å². The first kappa shape index (κ1) is 10.8. The van der Waals surface area contributed by atoms with Crippen molar-refractivity contribution >= 4 is 0 Å². The Morgan fingerprint density at radius 3 is 2.88 bits per heavy atom. The highest BCUT2D eigenvalue weighted by atomic mass is 19.1. The SMILES string of the molecule is OCCCc1ccc(-n2ccnc2)c(F)c1. The number of benzene rings is 1. The molecule has 0 amide bonds. The van der Waals surface area contributed by atoms with Crippen LogP contribution < -0.4 is 0 Å². The van der Waals surface area contributed by atoms with Gasteiger partial charge >= 0.3 is 0 Å². The molecular formula is C12H13FN2O. The van der Waals surface area contributed by atoms with Gasteiger partial charge in [0, 0.05) is 19.0 Å². The van der Waals surface area contributed by atoms with Gasteiger partial charge in [-0.15, -0.1) is 0 Å². The van der Waals surface area contributed by atoms with Gasteiger partial charge in [-0.2, -0.15) is 0 Å². The van der Waals surface area contributed by atoms with Crippen LogP contribution in [0.25, 0.3) is 5.69 Å². The quantitative estimate of drug-likeness (QED) is 0.855. The van der Waals surface area contributed by atoms with Gasteiger partial charge in [-0.25, -0.2) is 9.37 Å². The van der Waals surface area contributed by atoms with Crippen molar-refractivity contribution in [3.8, 4) is 5.69 Å². The molecule has 3 nitrogen and oxygen atoms in total. The van der Waals surface area contributed by atoms with Crippen LogP contribution in [0.5, 0.6) is 0 Å². The van der Waals surface area contributed by atoms with E-state index in [1.165, 1.54) is 6.07 Å². The van der Waals surface area contributed by atoms with E-state index in [-0.39, 0.29) is 12.4 Å². The largest absolute Gasteiger partial charge is 0.396 e. The lowest BCUT2D eigenvalue weighted by Gasteiger charge is -2.06. The van der Waals surface area contributed by atoms with Gasteiger partial charge in [0.2, 0.25) is 0 Å². The summed E-state index contributed by atoms with van der Waals surface area (Å²) >= 11 is 0. The maximum atomic E-state index is 13.7. The number of hydrogen-bond acceptors (Lipinski definition) is 2. The molecule has 84 valence electrons. The summed E-state index contributed by atoms with van der Waals surface area (Å²) in [5.41, 5.74) is 1.39. The summed E-state index contributed by atoms with van der Waals surface area (Å²) in [5, 5.41) is 8.70. The number of hydrogen-bond donors (Lipinski definition) is 1. The molecule has 0 unspecified atom stereocenters. The lowest BCUT2D eigenvalue weighted by molar-refractivity contribution is 0.288.